The Kier molecular flexibility index (Phi) is 6.24. The van der Waals surface area contributed by atoms with Gasteiger partial charge in [0.2, 0.25) is 0 Å². The minimum absolute atomic E-state index is 0.363. The van der Waals surface area contributed by atoms with Crippen LogP contribution in [0.4, 0.5) is 0 Å². The van der Waals surface area contributed by atoms with E-state index in [2.05, 4.69) is 20.7 Å². The van der Waals surface area contributed by atoms with Gasteiger partial charge in [-0.25, -0.2) is 0 Å². The monoisotopic (exact) mass is 307 g/mol. The molecule has 0 unspecified atom stereocenters. The summed E-state index contributed by atoms with van der Waals surface area (Å²) in [6.45, 7) is 2.53. The maximum absolute atomic E-state index is 5.29. The first-order chi connectivity index (χ1) is 10.7. The third-order valence-corrected chi connectivity index (χ3v) is 4.57. The van der Waals surface area contributed by atoms with E-state index in [9.17, 15) is 0 Å². The van der Waals surface area contributed by atoms with Crippen LogP contribution in [0, 0.1) is 5.41 Å². The van der Waals surface area contributed by atoms with Crippen molar-refractivity contribution in [2.24, 2.45) is 17.5 Å². The number of aromatic nitrogens is 2. The summed E-state index contributed by atoms with van der Waals surface area (Å²) in [6, 6.07) is 0. The molecule has 124 valence electrons. The second kappa shape index (κ2) is 8.17. The standard InChI is InChI=1S/C16H29N5O/c1-17-15(18-10-14-11-20-21(2)12-14)19-13-16(8-9-22-3)6-4-5-7-16/h11-12H,4-10,13H2,1-3H3,(H2,17,18,19). The number of aryl methyl sites for hydroxylation is 1. The zero-order valence-electron chi connectivity index (χ0n) is 14.1. The first-order valence-corrected chi connectivity index (χ1v) is 8.08. The average Bonchev–Trinajstić information content (AvgIpc) is 3.15. The van der Waals surface area contributed by atoms with Crippen LogP contribution in [0.1, 0.15) is 37.7 Å². The topological polar surface area (TPSA) is 63.5 Å². The molecule has 1 aromatic rings. The van der Waals surface area contributed by atoms with Gasteiger partial charge in [-0.15, -0.1) is 0 Å². The molecule has 0 bridgehead atoms. The number of methoxy groups -OCH3 is 1. The predicted octanol–water partition coefficient (Wildman–Crippen LogP) is 1.68. The molecule has 6 nitrogen and oxygen atoms in total. The number of nitrogens with zero attached hydrogens (tertiary/aromatic N) is 3. The van der Waals surface area contributed by atoms with Crippen LogP contribution >= 0.6 is 0 Å². The number of hydrogen-bond donors (Lipinski definition) is 2. The van der Waals surface area contributed by atoms with Crippen molar-refractivity contribution in [1.82, 2.24) is 20.4 Å². The molecule has 0 saturated heterocycles. The summed E-state index contributed by atoms with van der Waals surface area (Å²) in [5, 5.41) is 11.0. The number of ether oxygens (including phenoxy) is 1. The molecule has 0 amide bonds. The van der Waals surface area contributed by atoms with Crippen molar-refractivity contribution < 1.29 is 4.74 Å². The largest absolute Gasteiger partial charge is 0.385 e. The number of aliphatic imine (C=N–C) groups is 1. The summed E-state index contributed by atoms with van der Waals surface area (Å²) in [5.41, 5.74) is 1.52. The Bertz CT molecular complexity index is 477. The molecule has 1 fully saturated rings. The lowest BCUT2D eigenvalue weighted by atomic mass is 9.83. The zero-order valence-corrected chi connectivity index (χ0v) is 14.1. The van der Waals surface area contributed by atoms with Gasteiger partial charge in [-0.2, -0.15) is 5.10 Å². The summed E-state index contributed by atoms with van der Waals surface area (Å²) < 4.78 is 7.10. The first kappa shape index (κ1) is 16.8. The molecule has 0 radical (unpaired) electrons. The van der Waals surface area contributed by atoms with Crippen LogP contribution in [0.2, 0.25) is 0 Å². The molecule has 1 aromatic heterocycles. The summed E-state index contributed by atoms with van der Waals surface area (Å²) in [7, 11) is 5.52. The lowest BCUT2D eigenvalue weighted by molar-refractivity contribution is 0.138. The van der Waals surface area contributed by atoms with Gasteiger partial charge in [0.25, 0.3) is 0 Å². The first-order valence-electron chi connectivity index (χ1n) is 8.08. The molecule has 0 aliphatic heterocycles. The van der Waals surface area contributed by atoms with E-state index >= 15 is 0 Å². The van der Waals surface area contributed by atoms with Crippen LogP contribution < -0.4 is 10.6 Å². The van der Waals surface area contributed by atoms with Crippen LogP contribution in [0.15, 0.2) is 17.4 Å². The Morgan fingerprint density at radius 1 is 1.41 bits per heavy atom. The fourth-order valence-electron chi connectivity index (χ4n) is 3.20. The molecule has 0 spiro atoms. The van der Waals surface area contributed by atoms with E-state index < -0.39 is 0 Å². The van der Waals surface area contributed by atoms with Gasteiger partial charge in [-0.1, -0.05) is 12.8 Å². The van der Waals surface area contributed by atoms with E-state index in [0.29, 0.717) is 5.41 Å². The van der Waals surface area contributed by atoms with E-state index in [4.69, 9.17) is 4.74 Å². The van der Waals surface area contributed by atoms with Gasteiger partial charge >= 0.3 is 0 Å². The molecule has 1 saturated carbocycles. The number of rotatable bonds is 7. The van der Waals surface area contributed by atoms with Crippen LogP contribution in [0.5, 0.6) is 0 Å². The molecule has 0 aromatic carbocycles. The van der Waals surface area contributed by atoms with E-state index in [-0.39, 0.29) is 0 Å². The minimum Gasteiger partial charge on any atom is -0.385 e. The Labute approximate surface area is 133 Å². The Hall–Kier alpha value is -1.56. The molecule has 6 heteroatoms. The Balaban J connectivity index is 1.81. The second-order valence-corrected chi connectivity index (χ2v) is 6.25. The quantitative estimate of drug-likeness (QED) is 0.594. The molecule has 1 aliphatic rings. The van der Waals surface area contributed by atoms with Crippen molar-refractivity contribution in [3.8, 4) is 0 Å². The average molecular weight is 307 g/mol. The second-order valence-electron chi connectivity index (χ2n) is 6.25. The molecular weight excluding hydrogens is 278 g/mol. The van der Waals surface area contributed by atoms with Crippen molar-refractivity contribution in [2.45, 2.75) is 38.6 Å². The van der Waals surface area contributed by atoms with E-state index in [1.807, 2.05) is 31.2 Å². The summed E-state index contributed by atoms with van der Waals surface area (Å²) in [4.78, 5) is 4.32. The van der Waals surface area contributed by atoms with Gasteiger partial charge in [0.1, 0.15) is 0 Å². The third kappa shape index (κ3) is 4.73. The predicted molar refractivity (Wildman–Crippen MR) is 88.8 cm³/mol. The van der Waals surface area contributed by atoms with E-state index in [0.717, 1.165) is 37.6 Å². The van der Waals surface area contributed by atoms with Crippen molar-refractivity contribution in [1.29, 1.82) is 0 Å². The van der Waals surface area contributed by atoms with Crippen molar-refractivity contribution in [3.05, 3.63) is 18.0 Å². The summed E-state index contributed by atoms with van der Waals surface area (Å²) >= 11 is 0. The highest BCUT2D eigenvalue weighted by molar-refractivity contribution is 5.79. The molecule has 1 aliphatic carbocycles. The van der Waals surface area contributed by atoms with Gasteiger partial charge < -0.3 is 15.4 Å². The molecule has 22 heavy (non-hydrogen) atoms. The van der Waals surface area contributed by atoms with E-state index in [1.165, 1.54) is 25.7 Å². The SMILES string of the molecule is CN=C(NCc1cnn(C)c1)NCC1(CCOC)CCCC1. The van der Waals surface area contributed by atoms with Crippen molar-refractivity contribution in [3.63, 3.8) is 0 Å². The van der Waals surface area contributed by atoms with Crippen LogP contribution in [-0.4, -0.2) is 43.0 Å². The van der Waals surface area contributed by atoms with E-state index in [1.54, 1.807) is 7.11 Å². The fraction of sp³-hybridized carbons (Fsp3) is 0.750. The maximum atomic E-state index is 5.29. The van der Waals surface area contributed by atoms with Crippen LogP contribution in [0.3, 0.4) is 0 Å². The lowest BCUT2D eigenvalue weighted by Crippen LogP contribution is -2.43. The fourth-order valence-corrected chi connectivity index (χ4v) is 3.20. The third-order valence-electron chi connectivity index (χ3n) is 4.57. The smallest absolute Gasteiger partial charge is 0.191 e. The number of hydrogen-bond acceptors (Lipinski definition) is 3. The summed E-state index contributed by atoms with van der Waals surface area (Å²) in [6.07, 6.45) is 10.2. The molecule has 1 heterocycles. The minimum atomic E-state index is 0.363. The summed E-state index contributed by atoms with van der Waals surface area (Å²) in [5.74, 6) is 0.854. The maximum Gasteiger partial charge on any atom is 0.191 e. The van der Waals surface area contributed by atoms with Crippen LogP contribution in [-0.2, 0) is 18.3 Å². The highest BCUT2D eigenvalue weighted by atomic mass is 16.5. The zero-order chi connectivity index (χ0) is 15.8. The van der Waals surface area contributed by atoms with Gasteiger partial charge in [0.05, 0.1) is 6.20 Å². The van der Waals surface area contributed by atoms with Crippen molar-refractivity contribution >= 4 is 5.96 Å². The van der Waals surface area contributed by atoms with Gasteiger partial charge in [0.15, 0.2) is 5.96 Å². The van der Waals surface area contributed by atoms with Gasteiger partial charge in [0, 0.05) is 52.7 Å². The van der Waals surface area contributed by atoms with Gasteiger partial charge in [-0.05, 0) is 24.7 Å². The van der Waals surface area contributed by atoms with Crippen LogP contribution in [0.25, 0.3) is 0 Å². The molecule has 2 rings (SSSR count). The highest BCUT2D eigenvalue weighted by Crippen LogP contribution is 2.40. The lowest BCUT2D eigenvalue weighted by Gasteiger charge is -2.29. The molecule has 2 N–H and O–H groups in total. The molecular formula is C16H29N5O. The molecule has 0 atom stereocenters. The Morgan fingerprint density at radius 3 is 2.77 bits per heavy atom. The highest BCUT2D eigenvalue weighted by Gasteiger charge is 2.33. The van der Waals surface area contributed by atoms with Crippen molar-refractivity contribution in [2.75, 3.05) is 27.3 Å². The Morgan fingerprint density at radius 2 is 2.18 bits per heavy atom. The normalized spacial score (nSPS) is 17.7. The number of nitrogens with one attached hydrogen (secondary N) is 2. The number of guanidine groups is 1. The van der Waals surface area contributed by atoms with Gasteiger partial charge in [-0.3, -0.25) is 9.67 Å².